The summed E-state index contributed by atoms with van der Waals surface area (Å²) < 4.78 is 23.1. The Hall–Kier alpha value is -3.25. The van der Waals surface area contributed by atoms with Gasteiger partial charge in [-0.15, -0.1) is 0 Å². The molecule has 0 atom stereocenters. The molecule has 3 rings (SSSR count). The van der Waals surface area contributed by atoms with Crippen molar-refractivity contribution in [1.82, 2.24) is 5.32 Å². The Labute approximate surface area is 201 Å². The number of carbonyl (C=O) groups is 1. The fraction of sp³-hybridized carbons (Fsp3) is 0.393. The number of fused-ring (bicyclic) bond motifs is 1. The van der Waals surface area contributed by atoms with Crippen LogP contribution in [0.4, 0.5) is 0 Å². The zero-order valence-corrected chi connectivity index (χ0v) is 21.0. The first-order valence-electron chi connectivity index (χ1n) is 11.8. The van der Waals surface area contributed by atoms with Crippen LogP contribution in [0.3, 0.4) is 0 Å². The summed E-state index contributed by atoms with van der Waals surface area (Å²) in [5, 5.41) is 3.88. The predicted octanol–water partition coefficient (Wildman–Crippen LogP) is 6.15. The third-order valence-electron chi connectivity index (χ3n) is 5.57. The van der Waals surface area contributed by atoms with Gasteiger partial charge < -0.3 is 23.9 Å². The number of rotatable bonds is 11. The van der Waals surface area contributed by atoms with Crippen LogP contribution in [0, 0.1) is 6.92 Å². The van der Waals surface area contributed by atoms with E-state index in [1.807, 2.05) is 65.0 Å². The van der Waals surface area contributed by atoms with Gasteiger partial charge in [-0.25, -0.2) is 0 Å². The lowest BCUT2D eigenvalue weighted by Gasteiger charge is -2.15. The Bertz CT molecular complexity index is 1160. The van der Waals surface area contributed by atoms with Crippen LogP contribution in [0.2, 0.25) is 0 Å². The quantitative estimate of drug-likeness (QED) is 0.272. The zero-order valence-electron chi connectivity index (χ0n) is 21.0. The molecule has 1 N–H and O–H groups in total. The number of allylic oxidation sites excluding steroid dienone is 1. The molecule has 2 aromatic carbocycles. The monoisotopic (exact) mass is 465 g/mol. The van der Waals surface area contributed by atoms with E-state index in [2.05, 4.69) is 5.32 Å². The molecule has 0 aliphatic heterocycles. The minimum Gasteiger partial charge on any atom is -0.496 e. The van der Waals surface area contributed by atoms with Crippen molar-refractivity contribution in [3.63, 3.8) is 0 Å². The van der Waals surface area contributed by atoms with Crippen molar-refractivity contribution in [2.24, 2.45) is 0 Å². The van der Waals surface area contributed by atoms with E-state index in [1.165, 1.54) is 0 Å². The van der Waals surface area contributed by atoms with Crippen LogP contribution in [0.25, 0.3) is 27.7 Å². The first-order valence-corrected chi connectivity index (χ1v) is 11.8. The van der Waals surface area contributed by atoms with Crippen LogP contribution in [0.1, 0.15) is 45.2 Å². The van der Waals surface area contributed by atoms with Gasteiger partial charge in [0.15, 0.2) is 0 Å². The largest absolute Gasteiger partial charge is 0.496 e. The number of para-hydroxylation sites is 1. The lowest BCUT2D eigenvalue weighted by atomic mass is 9.96. The number of benzene rings is 2. The average molecular weight is 466 g/mol. The fourth-order valence-corrected chi connectivity index (χ4v) is 3.94. The first-order chi connectivity index (χ1) is 16.4. The number of furan rings is 1. The standard InChI is InChI=1S/C28H35NO5/c1-7-32-27-20(5)28-23(24(17-34-28)21-11-8-9-12-25(21)31-6)16-22(27)19(4)15-26(30)29-13-10-14-33-18(2)3/h8-9,11-12,15-18H,7,10,13-14H2,1-6H3,(H,29,30)/b19-15+. The summed E-state index contributed by atoms with van der Waals surface area (Å²) in [7, 11) is 1.66. The zero-order chi connectivity index (χ0) is 24.7. The van der Waals surface area contributed by atoms with Crippen molar-refractivity contribution in [2.75, 3.05) is 26.9 Å². The van der Waals surface area contributed by atoms with Crippen molar-refractivity contribution in [2.45, 2.75) is 47.1 Å². The fourth-order valence-electron chi connectivity index (χ4n) is 3.94. The molecule has 34 heavy (non-hydrogen) atoms. The van der Waals surface area contributed by atoms with Crippen LogP contribution in [0.5, 0.6) is 11.5 Å². The SMILES string of the molecule is CCOc1c(/C(C)=C/C(=O)NCCCOC(C)C)cc2c(-c3ccccc3OC)coc2c1C. The van der Waals surface area contributed by atoms with Crippen molar-refractivity contribution in [1.29, 1.82) is 0 Å². The molecule has 1 aromatic heterocycles. The topological polar surface area (TPSA) is 69.9 Å². The maximum absolute atomic E-state index is 12.6. The van der Waals surface area contributed by atoms with Gasteiger partial charge in [0.25, 0.3) is 0 Å². The molecule has 0 bridgehead atoms. The van der Waals surface area contributed by atoms with E-state index >= 15 is 0 Å². The van der Waals surface area contributed by atoms with Gasteiger partial charge >= 0.3 is 0 Å². The summed E-state index contributed by atoms with van der Waals surface area (Å²) in [5.74, 6) is 1.36. The summed E-state index contributed by atoms with van der Waals surface area (Å²) in [6.07, 6.45) is 4.33. The van der Waals surface area contributed by atoms with E-state index < -0.39 is 0 Å². The Morgan fingerprint density at radius 2 is 1.97 bits per heavy atom. The minimum absolute atomic E-state index is 0.139. The highest BCUT2D eigenvalue weighted by Crippen LogP contribution is 2.42. The highest BCUT2D eigenvalue weighted by Gasteiger charge is 2.20. The van der Waals surface area contributed by atoms with Gasteiger partial charge in [-0.05, 0) is 58.7 Å². The summed E-state index contributed by atoms with van der Waals surface area (Å²) in [5.41, 5.74) is 5.22. The summed E-state index contributed by atoms with van der Waals surface area (Å²) >= 11 is 0. The molecule has 182 valence electrons. The van der Waals surface area contributed by atoms with Gasteiger partial charge in [-0.2, -0.15) is 0 Å². The number of nitrogens with one attached hydrogen (secondary N) is 1. The number of ether oxygens (including phenoxy) is 3. The molecule has 6 nitrogen and oxygen atoms in total. The highest BCUT2D eigenvalue weighted by atomic mass is 16.5. The first kappa shape index (κ1) is 25.4. The molecule has 0 saturated carbocycles. The molecular weight excluding hydrogens is 430 g/mol. The van der Waals surface area contributed by atoms with Gasteiger partial charge in [-0.1, -0.05) is 18.2 Å². The van der Waals surface area contributed by atoms with Crippen LogP contribution >= 0.6 is 0 Å². The maximum atomic E-state index is 12.6. The Morgan fingerprint density at radius 3 is 2.68 bits per heavy atom. The second-order valence-electron chi connectivity index (χ2n) is 8.43. The normalized spacial score (nSPS) is 11.8. The van der Waals surface area contributed by atoms with Crippen LogP contribution in [-0.2, 0) is 9.53 Å². The molecular formula is C28H35NO5. The van der Waals surface area contributed by atoms with Crippen molar-refractivity contribution >= 4 is 22.4 Å². The molecule has 0 aliphatic carbocycles. The van der Waals surface area contributed by atoms with Gasteiger partial charge in [0.1, 0.15) is 17.1 Å². The molecule has 6 heteroatoms. The average Bonchev–Trinajstić information content (AvgIpc) is 3.24. The molecule has 0 fully saturated rings. The van der Waals surface area contributed by atoms with Gasteiger partial charge in [0.05, 0.1) is 26.1 Å². The number of hydrogen-bond acceptors (Lipinski definition) is 5. The van der Waals surface area contributed by atoms with E-state index in [0.29, 0.717) is 19.8 Å². The molecule has 0 unspecified atom stereocenters. The smallest absolute Gasteiger partial charge is 0.244 e. The summed E-state index contributed by atoms with van der Waals surface area (Å²) in [6, 6.07) is 9.88. The second-order valence-corrected chi connectivity index (χ2v) is 8.43. The van der Waals surface area contributed by atoms with Crippen molar-refractivity contribution in [3.8, 4) is 22.6 Å². The molecule has 3 aromatic rings. The number of methoxy groups -OCH3 is 1. The van der Waals surface area contributed by atoms with E-state index in [-0.39, 0.29) is 12.0 Å². The van der Waals surface area contributed by atoms with E-state index in [9.17, 15) is 4.79 Å². The number of aryl methyl sites for hydroxylation is 1. The lowest BCUT2D eigenvalue weighted by molar-refractivity contribution is -0.116. The number of hydrogen-bond donors (Lipinski definition) is 1. The predicted molar refractivity (Wildman–Crippen MR) is 136 cm³/mol. The summed E-state index contributed by atoms with van der Waals surface area (Å²) in [4.78, 5) is 12.6. The molecule has 0 saturated heterocycles. The molecule has 0 spiro atoms. The molecule has 1 heterocycles. The molecule has 1 amide bonds. The van der Waals surface area contributed by atoms with Crippen LogP contribution < -0.4 is 14.8 Å². The van der Waals surface area contributed by atoms with E-state index in [0.717, 1.165) is 56.7 Å². The third-order valence-corrected chi connectivity index (χ3v) is 5.57. The number of carbonyl (C=O) groups excluding carboxylic acids is 1. The minimum atomic E-state index is -0.139. The highest BCUT2D eigenvalue weighted by molar-refractivity contribution is 6.02. The van der Waals surface area contributed by atoms with Crippen molar-refractivity contribution < 1.29 is 23.4 Å². The summed E-state index contributed by atoms with van der Waals surface area (Å²) in [6.45, 7) is 11.5. The third kappa shape index (κ3) is 5.81. The maximum Gasteiger partial charge on any atom is 0.244 e. The second kappa shape index (κ2) is 11.7. The Balaban J connectivity index is 1.96. The van der Waals surface area contributed by atoms with E-state index in [4.69, 9.17) is 18.6 Å². The van der Waals surface area contributed by atoms with Gasteiger partial charge in [0, 0.05) is 46.9 Å². The van der Waals surface area contributed by atoms with Gasteiger partial charge in [0.2, 0.25) is 5.91 Å². The molecule has 0 radical (unpaired) electrons. The molecule has 0 aliphatic rings. The van der Waals surface area contributed by atoms with E-state index in [1.54, 1.807) is 19.4 Å². The van der Waals surface area contributed by atoms with Crippen LogP contribution in [-0.4, -0.2) is 38.9 Å². The van der Waals surface area contributed by atoms with Gasteiger partial charge in [-0.3, -0.25) is 4.79 Å². The Kier molecular flexibility index (Phi) is 8.77. The Morgan fingerprint density at radius 1 is 1.21 bits per heavy atom. The lowest BCUT2D eigenvalue weighted by Crippen LogP contribution is -2.23. The number of amides is 1. The van der Waals surface area contributed by atoms with Crippen molar-refractivity contribution in [3.05, 3.63) is 53.8 Å². The van der Waals surface area contributed by atoms with Crippen LogP contribution in [0.15, 0.2) is 47.1 Å².